The normalized spacial score (nSPS) is 11.7. The minimum Gasteiger partial charge on any atom is -0.324 e. The van der Waals surface area contributed by atoms with Gasteiger partial charge in [-0.25, -0.2) is 9.67 Å². The van der Waals surface area contributed by atoms with Crippen LogP contribution in [0.3, 0.4) is 0 Å². The van der Waals surface area contributed by atoms with Crippen molar-refractivity contribution in [3.05, 3.63) is 65.7 Å². The van der Waals surface area contributed by atoms with Gasteiger partial charge in [-0.1, -0.05) is 11.6 Å². The third-order valence-electron chi connectivity index (χ3n) is 4.04. The van der Waals surface area contributed by atoms with Gasteiger partial charge in [-0.15, -0.1) is 11.8 Å². The second kappa shape index (κ2) is 8.90. The highest BCUT2D eigenvalue weighted by Crippen LogP contribution is 2.24. The summed E-state index contributed by atoms with van der Waals surface area (Å²) < 4.78 is 1.47. The summed E-state index contributed by atoms with van der Waals surface area (Å²) in [7, 11) is 0. The molecular weight excluding hydrogens is 398 g/mol. The number of aromatic nitrogens is 3. The zero-order chi connectivity index (χ0) is 20.1. The lowest BCUT2D eigenvalue weighted by Gasteiger charge is -2.13. The lowest BCUT2D eigenvalue weighted by molar-refractivity contribution is -0.119. The van der Waals surface area contributed by atoms with Crippen molar-refractivity contribution in [2.24, 2.45) is 0 Å². The number of thioether (sulfide) groups is 1. The zero-order valence-electron chi connectivity index (χ0n) is 15.2. The number of rotatable bonds is 6. The molecule has 3 rings (SSSR count). The Kier molecular flexibility index (Phi) is 6.33. The van der Waals surface area contributed by atoms with Gasteiger partial charge >= 0.3 is 0 Å². The maximum Gasteiger partial charge on any atom is 0.257 e. The fourth-order valence-corrected chi connectivity index (χ4v) is 3.07. The van der Waals surface area contributed by atoms with Crippen molar-refractivity contribution in [1.82, 2.24) is 14.8 Å². The van der Waals surface area contributed by atoms with Crippen LogP contribution in [0.2, 0.25) is 5.02 Å². The van der Waals surface area contributed by atoms with E-state index in [4.69, 9.17) is 11.6 Å². The fraction of sp³-hybridized carbons (Fsp3) is 0.158. The van der Waals surface area contributed by atoms with Crippen molar-refractivity contribution in [2.75, 3.05) is 16.9 Å². The number of amides is 2. The van der Waals surface area contributed by atoms with Crippen molar-refractivity contribution in [1.29, 1.82) is 0 Å². The van der Waals surface area contributed by atoms with E-state index in [1.54, 1.807) is 43.3 Å². The number of halogens is 1. The molecule has 0 fully saturated rings. The summed E-state index contributed by atoms with van der Waals surface area (Å²) in [4.78, 5) is 29.6. The van der Waals surface area contributed by atoms with Crippen LogP contribution in [0.25, 0.3) is 0 Å². The monoisotopic (exact) mass is 415 g/mol. The van der Waals surface area contributed by atoms with Gasteiger partial charge in [0.25, 0.3) is 5.91 Å². The fourth-order valence-electron chi connectivity index (χ4n) is 2.42. The molecule has 2 aromatic carbocycles. The predicted molar refractivity (Wildman–Crippen MR) is 111 cm³/mol. The number of hydrogen-bond donors (Lipinski definition) is 2. The molecule has 28 heavy (non-hydrogen) atoms. The van der Waals surface area contributed by atoms with Crippen LogP contribution in [0.4, 0.5) is 11.4 Å². The topological polar surface area (TPSA) is 88.9 Å². The van der Waals surface area contributed by atoms with E-state index in [1.165, 1.54) is 29.1 Å². The Labute approximate surface area is 171 Å². The molecule has 1 heterocycles. The molecule has 0 radical (unpaired) electrons. The summed E-state index contributed by atoms with van der Waals surface area (Å²) >= 11 is 7.67. The van der Waals surface area contributed by atoms with Gasteiger partial charge in [-0.05, 0) is 55.6 Å². The molecule has 0 aliphatic carbocycles. The number of nitrogens with one attached hydrogen (secondary N) is 2. The highest BCUT2D eigenvalue weighted by molar-refractivity contribution is 7.98. The van der Waals surface area contributed by atoms with Gasteiger partial charge in [0.05, 0.1) is 10.6 Å². The lowest BCUT2D eigenvalue weighted by atomic mass is 10.2. The first kappa shape index (κ1) is 19.9. The van der Waals surface area contributed by atoms with Crippen molar-refractivity contribution in [3.63, 3.8) is 0 Å². The molecule has 1 aromatic heterocycles. The third kappa shape index (κ3) is 4.71. The summed E-state index contributed by atoms with van der Waals surface area (Å²) in [6.07, 6.45) is 4.80. The van der Waals surface area contributed by atoms with Crippen LogP contribution in [0.5, 0.6) is 0 Å². The number of anilines is 2. The molecule has 1 atom stereocenters. The van der Waals surface area contributed by atoms with E-state index < -0.39 is 6.04 Å². The Morgan fingerprint density at radius 3 is 2.39 bits per heavy atom. The molecule has 7 nitrogen and oxygen atoms in total. The first-order chi connectivity index (χ1) is 13.5. The maximum atomic E-state index is 12.5. The molecule has 0 aliphatic rings. The molecule has 0 aliphatic heterocycles. The minimum atomic E-state index is -0.493. The summed E-state index contributed by atoms with van der Waals surface area (Å²) in [6, 6.07) is 11.7. The van der Waals surface area contributed by atoms with Crippen LogP contribution < -0.4 is 10.6 Å². The molecule has 3 aromatic rings. The van der Waals surface area contributed by atoms with Crippen LogP contribution in [0.15, 0.2) is 60.0 Å². The SMILES string of the molecule is CSc1ccc(Cl)c(C(=O)Nc2ccc(NC(=O)C(C)n3cncn3)cc2)c1. The molecule has 2 N–H and O–H groups in total. The van der Waals surface area contributed by atoms with Gasteiger partial charge in [0.1, 0.15) is 18.7 Å². The van der Waals surface area contributed by atoms with Crippen molar-refractivity contribution in [3.8, 4) is 0 Å². The number of benzene rings is 2. The van der Waals surface area contributed by atoms with Gasteiger partial charge < -0.3 is 10.6 Å². The van der Waals surface area contributed by atoms with E-state index in [-0.39, 0.29) is 11.8 Å². The Morgan fingerprint density at radius 1 is 1.11 bits per heavy atom. The van der Waals surface area contributed by atoms with E-state index in [2.05, 4.69) is 20.7 Å². The summed E-state index contributed by atoms with van der Waals surface area (Å²) in [6.45, 7) is 1.73. The smallest absolute Gasteiger partial charge is 0.257 e. The molecule has 0 bridgehead atoms. The van der Waals surface area contributed by atoms with Crippen LogP contribution in [0.1, 0.15) is 23.3 Å². The van der Waals surface area contributed by atoms with Crippen LogP contribution in [0, 0.1) is 0 Å². The lowest BCUT2D eigenvalue weighted by Crippen LogP contribution is -2.24. The molecule has 9 heteroatoms. The average Bonchev–Trinajstić information content (AvgIpc) is 3.24. The van der Waals surface area contributed by atoms with Crippen molar-refractivity contribution >= 4 is 46.6 Å². The van der Waals surface area contributed by atoms with Crippen molar-refractivity contribution < 1.29 is 9.59 Å². The summed E-state index contributed by atoms with van der Waals surface area (Å²) in [5.74, 6) is -0.513. The predicted octanol–water partition coefficient (Wildman–Crippen LogP) is 4.11. The number of nitrogens with zero attached hydrogens (tertiary/aromatic N) is 3. The minimum absolute atomic E-state index is 0.219. The Bertz CT molecular complexity index is 976. The van der Waals surface area contributed by atoms with Gasteiger partial charge in [0.2, 0.25) is 5.91 Å². The van der Waals surface area contributed by atoms with E-state index in [9.17, 15) is 9.59 Å². The van der Waals surface area contributed by atoms with Gasteiger partial charge in [-0.2, -0.15) is 5.10 Å². The summed E-state index contributed by atoms with van der Waals surface area (Å²) in [5, 5.41) is 9.96. The van der Waals surface area contributed by atoms with Crippen molar-refractivity contribution in [2.45, 2.75) is 17.9 Å². The highest BCUT2D eigenvalue weighted by Gasteiger charge is 2.16. The Morgan fingerprint density at radius 2 is 1.79 bits per heavy atom. The number of carbonyl (C=O) groups excluding carboxylic acids is 2. The quantitative estimate of drug-likeness (QED) is 0.591. The molecule has 2 amide bonds. The molecule has 144 valence electrons. The molecular formula is C19H18ClN5O2S. The number of hydrogen-bond acceptors (Lipinski definition) is 5. The van der Waals surface area contributed by atoms with Crippen LogP contribution in [-0.2, 0) is 4.79 Å². The zero-order valence-corrected chi connectivity index (χ0v) is 16.8. The first-order valence-corrected chi connectivity index (χ1v) is 9.98. The molecule has 0 saturated heterocycles. The molecule has 1 unspecified atom stereocenters. The Hall–Kier alpha value is -2.84. The summed E-state index contributed by atoms with van der Waals surface area (Å²) in [5.41, 5.74) is 1.61. The second-order valence-corrected chi connectivity index (χ2v) is 7.20. The van der Waals surface area contributed by atoms with E-state index in [0.29, 0.717) is 22.0 Å². The Balaban J connectivity index is 1.64. The number of carbonyl (C=O) groups is 2. The second-order valence-electron chi connectivity index (χ2n) is 5.92. The van der Waals surface area contributed by atoms with E-state index >= 15 is 0 Å². The highest BCUT2D eigenvalue weighted by atomic mass is 35.5. The van der Waals surface area contributed by atoms with Gasteiger partial charge in [0, 0.05) is 16.3 Å². The molecule has 0 spiro atoms. The van der Waals surface area contributed by atoms with Gasteiger partial charge in [0.15, 0.2) is 0 Å². The van der Waals surface area contributed by atoms with Gasteiger partial charge in [-0.3, -0.25) is 9.59 Å². The largest absolute Gasteiger partial charge is 0.324 e. The first-order valence-electron chi connectivity index (χ1n) is 8.38. The maximum absolute atomic E-state index is 12.5. The standard InChI is InChI=1S/C19H18ClN5O2S/c1-12(25-11-21-10-22-25)18(26)23-13-3-5-14(6-4-13)24-19(27)16-9-15(28-2)7-8-17(16)20/h3-12H,1-2H3,(H,23,26)(H,24,27). The van der Waals surface area contributed by atoms with E-state index in [1.807, 2.05) is 12.3 Å². The average molecular weight is 416 g/mol. The van der Waals surface area contributed by atoms with Crippen LogP contribution in [-0.4, -0.2) is 32.8 Å². The van der Waals surface area contributed by atoms with Crippen LogP contribution >= 0.6 is 23.4 Å². The molecule has 0 saturated carbocycles. The third-order valence-corrected chi connectivity index (χ3v) is 5.10. The van der Waals surface area contributed by atoms with E-state index in [0.717, 1.165) is 4.90 Å².